The molecule has 0 aromatic rings. The van der Waals surface area contributed by atoms with Crippen LogP contribution in [0.5, 0.6) is 0 Å². The molecule has 19 heavy (non-hydrogen) atoms. The van der Waals surface area contributed by atoms with Gasteiger partial charge in [0.05, 0.1) is 0 Å². The largest absolute Gasteiger partial charge is 0.298 e. The summed E-state index contributed by atoms with van der Waals surface area (Å²) in [4.78, 5) is 10.6. The number of unbranched alkanes of at least 4 members (excludes halogenated alkanes) is 1. The van der Waals surface area contributed by atoms with Crippen molar-refractivity contribution in [1.82, 2.24) is 0 Å². The molecule has 0 heterocycles. The minimum atomic E-state index is 0.501. The lowest BCUT2D eigenvalue weighted by molar-refractivity contribution is -0.104. The maximum atomic E-state index is 10.6. The third kappa shape index (κ3) is 10.5. The van der Waals surface area contributed by atoms with Crippen molar-refractivity contribution in [2.45, 2.75) is 60.3 Å². The molecular weight excluding hydrogens is 232 g/mol. The van der Waals surface area contributed by atoms with E-state index in [1.54, 1.807) is 0 Å². The Hall–Kier alpha value is -1.11. The summed E-state index contributed by atoms with van der Waals surface area (Å²) in [5, 5.41) is 0. The highest BCUT2D eigenvalue weighted by Gasteiger charge is 2.06. The zero-order valence-electron chi connectivity index (χ0n) is 13.3. The van der Waals surface area contributed by atoms with Crippen LogP contribution in [-0.2, 0) is 4.79 Å². The van der Waals surface area contributed by atoms with Gasteiger partial charge >= 0.3 is 0 Å². The fourth-order valence-electron chi connectivity index (χ4n) is 2.26. The standard InChI is InChI=1S/C18H30O/c1-6-15(2)10-8-7-9-11-16(3)12-17(4)13-18(5)14-19/h6,8,10,13-14,16-17H,7,9,11-12H2,1-5H3/b10-8+,15-6?,18-13+/t16-,17-/m1/s1. The van der Waals surface area contributed by atoms with Crippen molar-refractivity contribution >= 4 is 6.29 Å². The van der Waals surface area contributed by atoms with Crippen molar-refractivity contribution in [3.63, 3.8) is 0 Å². The van der Waals surface area contributed by atoms with Crippen LogP contribution in [0.2, 0.25) is 0 Å². The highest BCUT2D eigenvalue weighted by molar-refractivity contribution is 5.72. The Morgan fingerprint density at radius 1 is 1.16 bits per heavy atom. The molecule has 2 atom stereocenters. The van der Waals surface area contributed by atoms with Crippen LogP contribution >= 0.6 is 0 Å². The summed E-state index contributed by atoms with van der Waals surface area (Å²) in [5.41, 5.74) is 2.18. The zero-order valence-corrected chi connectivity index (χ0v) is 13.3. The molecule has 108 valence electrons. The van der Waals surface area contributed by atoms with E-state index in [2.05, 4.69) is 52.0 Å². The van der Waals surface area contributed by atoms with E-state index >= 15 is 0 Å². The molecule has 0 saturated heterocycles. The minimum Gasteiger partial charge on any atom is -0.298 e. The second kappa shape index (κ2) is 10.8. The molecule has 0 rings (SSSR count). The molecular formula is C18H30O. The van der Waals surface area contributed by atoms with E-state index in [0.29, 0.717) is 5.92 Å². The Bertz CT molecular complexity index is 334. The van der Waals surface area contributed by atoms with Gasteiger partial charge in [-0.3, -0.25) is 4.79 Å². The molecule has 0 amide bonds. The fourth-order valence-corrected chi connectivity index (χ4v) is 2.26. The molecule has 0 radical (unpaired) electrons. The molecule has 0 unspecified atom stereocenters. The normalized spacial score (nSPS) is 16.7. The third-order valence-electron chi connectivity index (χ3n) is 3.41. The molecule has 1 nitrogen and oxygen atoms in total. The number of hydrogen-bond donors (Lipinski definition) is 0. The average molecular weight is 262 g/mol. The van der Waals surface area contributed by atoms with Crippen molar-refractivity contribution in [2.24, 2.45) is 11.8 Å². The van der Waals surface area contributed by atoms with Crippen molar-refractivity contribution in [3.8, 4) is 0 Å². The van der Waals surface area contributed by atoms with Gasteiger partial charge < -0.3 is 0 Å². The first kappa shape index (κ1) is 17.9. The summed E-state index contributed by atoms with van der Waals surface area (Å²) in [5.74, 6) is 1.22. The smallest absolute Gasteiger partial charge is 0.145 e. The molecule has 0 aliphatic carbocycles. The van der Waals surface area contributed by atoms with E-state index in [1.165, 1.54) is 24.8 Å². The van der Waals surface area contributed by atoms with Gasteiger partial charge in [-0.25, -0.2) is 0 Å². The molecule has 0 fully saturated rings. The van der Waals surface area contributed by atoms with Crippen molar-refractivity contribution in [1.29, 1.82) is 0 Å². The van der Waals surface area contributed by atoms with Gasteiger partial charge in [0.1, 0.15) is 6.29 Å². The quantitative estimate of drug-likeness (QED) is 0.232. The van der Waals surface area contributed by atoms with Crippen molar-refractivity contribution in [3.05, 3.63) is 35.5 Å². The maximum absolute atomic E-state index is 10.6. The first-order valence-corrected chi connectivity index (χ1v) is 7.42. The number of hydrogen-bond acceptors (Lipinski definition) is 1. The van der Waals surface area contributed by atoms with Crippen LogP contribution in [0.1, 0.15) is 60.3 Å². The molecule has 0 aliphatic rings. The molecule has 0 aromatic carbocycles. The zero-order chi connectivity index (χ0) is 14.7. The molecule has 0 N–H and O–H groups in total. The fraction of sp³-hybridized carbons (Fsp3) is 0.611. The lowest BCUT2D eigenvalue weighted by Gasteiger charge is -2.14. The van der Waals surface area contributed by atoms with E-state index in [4.69, 9.17) is 0 Å². The average Bonchev–Trinajstić information content (AvgIpc) is 2.37. The number of aldehydes is 1. The van der Waals surface area contributed by atoms with Gasteiger partial charge in [-0.2, -0.15) is 0 Å². The van der Waals surface area contributed by atoms with Gasteiger partial charge in [0.15, 0.2) is 0 Å². The second-order valence-corrected chi connectivity index (χ2v) is 5.71. The van der Waals surface area contributed by atoms with Crippen LogP contribution in [-0.4, -0.2) is 6.29 Å². The summed E-state index contributed by atoms with van der Waals surface area (Å²) in [6, 6.07) is 0. The van der Waals surface area contributed by atoms with E-state index in [-0.39, 0.29) is 0 Å². The van der Waals surface area contributed by atoms with Crippen LogP contribution in [0, 0.1) is 11.8 Å². The lowest BCUT2D eigenvalue weighted by Crippen LogP contribution is -2.02. The van der Waals surface area contributed by atoms with E-state index < -0.39 is 0 Å². The molecule has 0 bridgehead atoms. The highest BCUT2D eigenvalue weighted by atomic mass is 16.1. The Morgan fingerprint density at radius 3 is 2.42 bits per heavy atom. The van der Waals surface area contributed by atoms with Gasteiger partial charge in [-0.1, -0.05) is 50.1 Å². The Morgan fingerprint density at radius 2 is 1.84 bits per heavy atom. The van der Waals surface area contributed by atoms with E-state index in [1.807, 2.05) is 6.92 Å². The summed E-state index contributed by atoms with van der Waals surface area (Å²) in [6.07, 6.45) is 14.5. The first-order chi connectivity index (χ1) is 8.99. The molecule has 1 heteroatoms. The van der Waals surface area contributed by atoms with Crippen LogP contribution < -0.4 is 0 Å². The van der Waals surface area contributed by atoms with Gasteiger partial charge in [-0.15, -0.1) is 0 Å². The molecule has 0 aliphatic heterocycles. The van der Waals surface area contributed by atoms with Crippen molar-refractivity contribution < 1.29 is 4.79 Å². The molecule has 0 aromatic heterocycles. The third-order valence-corrected chi connectivity index (χ3v) is 3.41. The first-order valence-electron chi connectivity index (χ1n) is 7.42. The lowest BCUT2D eigenvalue weighted by atomic mass is 9.92. The Balaban J connectivity index is 3.84. The van der Waals surface area contributed by atoms with Crippen LogP contribution in [0.15, 0.2) is 35.5 Å². The van der Waals surface area contributed by atoms with E-state index in [0.717, 1.165) is 24.2 Å². The number of allylic oxidation sites excluding steroid dienone is 6. The van der Waals surface area contributed by atoms with Gasteiger partial charge in [0.25, 0.3) is 0 Å². The van der Waals surface area contributed by atoms with Gasteiger partial charge in [0, 0.05) is 0 Å². The highest BCUT2D eigenvalue weighted by Crippen LogP contribution is 2.19. The van der Waals surface area contributed by atoms with Crippen molar-refractivity contribution in [2.75, 3.05) is 0 Å². The number of carbonyl (C=O) groups excluding carboxylic acids is 1. The number of carbonyl (C=O) groups is 1. The molecule has 0 spiro atoms. The van der Waals surface area contributed by atoms with Gasteiger partial charge in [0.2, 0.25) is 0 Å². The minimum absolute atomic E-state index is 0.501. The predicted octanol–water partition coefficient (Wildman–Crippen LogP) is 5.49. The summed E-state index contributed by atoms with van der Waals surface area (Å²) < 4.78 is 0. The van der Waals surface area contributed by atoms with Crippen LogP contribution in [0.25, 0.3) is 0 Å². The van der Waals surface area contributed by atoms with Crippen LogP contribution in [0.4, 0.5) is 0 Å². The summed E-state index contributed by atoms with van der Waals surface area (Å²) >= 11 is 0. The Kier molecular flexibility index (Phi) is 10.1. The van der Waals surface area contributed by atoms with Gasteiger partial charge in [-0.05, 0) is 57.4 Å². The topological polar surface area (TPSA) is 17.1 Å². The maximum Gasteiger partial charge on any atom is 0.145 e. The monoisotopic (exact) mass is 262 g/mol. The summed E-state index contributed by atoms with van der Waals surface area (Å²) in [7, 11) is 0. The second-order valence-electron chi connectivity index (χ2n) is 5.71. The molecule has 0 saturated carbocycles. The van der Waals surface area contributed by atoms with E-state index in [9.17, 15) is 4.79 Å². The SMILES string of the molecule is CC=C(C)/C=C/CCC[C@@H](C)C[C@@H](C)/C=C(\C)C=O. The summed E-state index contributed by atoms with van der Waals surface area (Å²) in [6.45, 7) is 10.6. The number of rotatable bonds is 9. The predicted molar refractivity (Wildman–Crippen MR) is 85.2 cm³/mol. The Labute approximate surface area is 119 Å². The van der Waals surface area contributed by atoms with Crippen LogP contribution in [0.3, 0.4) is 0 Å².